The molecule has 1 heterocycles. The SMILES string of the molecule is CCc1nnc(NC(=S)NC(=O)C(c2ccccc2)c2ccccc2)s1. The van der Waals surface area contributed by atoms with Crippen LogP contribution >= 0.6 is 23.6 Å². The van der Waals surface area contributed by atoms with E-state index in [9.17, 15) is 4.79 Å². The number of thiocarbonyl (C=S) groups is 1. The summed E-state index contributed by atoms with van der Waals surface area (Å²) in [5, 5.41) is 15.4. The van der Waals surface area contributed by atoms with E-state index < -0.39 is 5.92 Å². The first-order valence-electron chi connectivity index (χ1n) is 8.21. The number of anilines is 1. The number of carbonyl (C=O) groups is 1. The van der Waals surface area contributed by atoms with Gasteiger partial charge in [0.15, 0.2) is 5.11 Å². The Balaban J connectivity index is 1.76. The Kier molecular flexibility index (Phi) is 6.04. The molecule has 0 aliphatic heterocycles. The predicted molar refractivity (Wildman–Crippen MR) is 108 cm³/mol. The summed E-state index contributed by atoms with van der Waals surface area (Å²) >= 11 is 6.69. The van der Waals surface area contributed by atoms with E-state index in [0.29, 0.717) is 5.13 Å². The molecule has 5 nitrogen and oxygen atoms in total. The summed E-state index contributed by atoms with van der Waals surface area (Å²) in [7, 11) is 0. The molecule has 132 valence electrons. The fourth-order valence-electron chi connectivity index (χ4n) is 2.55. The van der Waals surface area contributed by atoms with E-state index in [0.717, 1.165) is 22.6 Å². The Hall–Kier alpha value is -2.64. The third kappa shape index (κ3) is 4.50. The van der Waals surface area contributed by atoms with Crippen molar-refractivity contribution in [3.8, 4) is 0 Å². The van der Waals surface area contributed by atoms with E-state index >= 15 is 0 Å². The highest BCUT2D eigenvalue weighted by Crippen LogP contribution is 2.24. The Morgan fingerprint density at radius 2 is 1.62 bits per heavy atom. The van der Waals surface area contributed by atoms with Gasteiger partial charge in [0.05, 0.1) is 5.92 Å². The minimum atomic E-state index is -0.447. The summed E-state index contributed by atoms with van der Waals surface area (Å²) in [4.78, 5) is 12.9. The summed E-state index contributed by atoms with van der Waals surface area (Å²) in [6, 6.07) is 19.3. The zero-order valence-electron chi connectivity index (χ0n) is 14.2. The predicted octanol–water partition coefficient (Wildman–Crippen LogP) is 3.75. The lowest BCUT2D eigenvalue weighted by Gasteiger charge is -2.18. The fourth-order valence-corrected chi connectivity index (χ4v) is 3.49. The van der Waals surface area contributed by atoms with E-state index in [4.69, 9.17) is 12.2 Å². The van der Waals surface area contributed by atoms with Crippen LogP contribution in [0.5, 0.6) is 0 Å². The van der Waals surface area contributed by atoms with Crippen LogP contribution < -0.4 is 10.6 Å². The van der Waals surface area contributed by atoms with Crippen LogP contribution in [-0.2, 0) is 11.2 Å². The van der Waals surface area contributed by atoms with Gasteiger partial charge in [-0.1, -0.05) is 78.9 Å². The number of aromatic nitrogens is 2. The zero-order valence-corrected chi connectivity index (χ0v) is 15.8. The quantitative estimate of drug-likeness (QED) is 0.658. The number of hydrogen-bond acceptors (Lipinski definition) is 5. The molecule has 0 radical (unpaired) electrons. The van der Waals surface area contributed by atoms with Crippen LogP contribution in [0.2, 0.25) is 0 Å². The highest BCUT2D eigenvalue weighted by atomic mass is 32.1. The van der Waals surface area contributed by atoms with Crippen LogP contribution in [0.25, 0.3) is 0 Å². The maximum Gasteiger partial charge on any atom is 0.238 e. The molecule has 2 aromatic carbocycles. The zero-order chi connectivity index (χ0) is 18.4. The summed E-state index contributed by atoms with van der Waals surface area (Å²) in [6.45, 7) is 2.01. The van der Waals surface area contributed by atoms with Crippen molar-refractivity contribution in [2.24, 2.45) is 0 Å². The average Bonchev–Trinajstić information content (AvgIpc) is 3.11. The molecular weight excluding hydrogens is 364 g/mol. The molecule has 26 heavy (non-hydrogen) atoms. The fraction of sp³-hybridized carbons (Fsp3) is 0.158. The first kappa shape index (κ1) is 18.2. The van der Waals surface area contributed by atoms with Crippen molar-refractivity contribution in [3.05, 3.63) is 76.8 Å². The van der Waals surface area contributed by atoms with Gasteiger partial charge in [0.25, 0.3) is 0 Å². The third-order valence-corrected chi connectivity index (χ3v) is 4.94. The molecule has 0 bridgehead atoms. The maximum absolute atomic E-state index is 12.9. The average molecular weight is 383 g/mol. The Morgan fingerprint density at radius 1 is 1.04 bits per heavy atom. The second-order valence-corrected chi connectivity index (χ2v) is 7.02. The lowest BCUT2D eigenvalue weighted by molar-refractivity contribution is -0.120. The smallest absolute Gasteiger partial charge is 0.238 e. The molecular formula is C19H18N4OS2. The number of hydrogen-bond donors (Lipinski definition) is 2. The molecule has 0 fully saturated rings. The van der Waals surface area contributed by atoms with Crippen LogP contribution in [0.15, 0.2) is 60.7 Å². The molecule has 0 spiro atoms. The number of benzene rings is 2. The first-order chi connectivity index (χ1) is 12.7. The van der Waals surface area contributed by atoms with Gasteiger partial charge in [-0.05, 0) is 29.8 Å². The van der Waals surface area contributed by atoms with Gasteiger partial charge >= 0.3 is 0 Å². The van der Waals surface area contributed by atoms with Gasteiger partial charge in [-0.2, -0.15) is 0 Å². The molecule has 1 aromatic heterocycles. The van der Waals surface area contributed by atoms with E-state index in [-0.39, 0.29) is 11.0 Å². The van der Waals surface area contributed by atoms with Crippen LogP contribution in [0.1, 0.15) is 29.0 Å². The van der Waals surface area contributed by atoms with Gasteiger partial charge in [-0.15, -0.1) is 10.2 Å². The Labute approximate surface area is 161 Å². The molecule has 0 saturated heterocycles. The molecule has 2 N–H and O–H groups in total. The maximum atomic E-state index is 12.9. The van der Waals surface area contributed by atoms with Crippen LogP contribution in [0.4, 0.5) is 5.13 Å². The first-order valence-corrected chi connectivity index (χ1v) is 9.44. The minimum absolute atomic E-state index is 0.194. The van der Waals surface area contributed by atoms with Crippen LogP contribution in [-0.4, -0.2) is 21.2 Å². The molecule has 0 atom stereocenters. The Morgan fingerprint density at radius 3 is 2.12 bits per heavy atom. The van der Waals surface area contributed by atoms with Gasteiger partial charge in [0.1, 0.15) is 5.01 Å². The largest absolute Gasteiger partial charge is 0.307 e. The molecule has 7 heteroatoms. The number of nitrogens with one attached hydrogen (secondary N) is 2. The van der Waals surface area contributed by atoms with E-state index in [1.54, 1.807) is 0 Å². The molecule has 0 unspecified atom stereocenters. The standard InChI is InChI=1S/C19H18N4OS2/c1-2-15-22-23-19(26-15)21-18(25)20-17(24)16(13-9-5-3-6-10-13)14-11-7-4-8-12-14/h3-12,16H,2H2,1H3,(H2,20,21,23,24,25). The van der Waals surface area contributed by atoms with Gasteiger partial charge < -0.3 is 10.6 Å². The number of carbonyl (C=O) groups excluding carboxylic acids is 1. The normalized spacial score (nSPS) is 10.5. The van der Waals surface area contributed by atoms with Gasteiger partial charge in [0.2, 0.25) is 11.0 Å². The monoisotopic (exact) mass is 382 g/mol. The highest BCUT2D eigenvalue weighted by Gasteiger charge is 2.23. The summed E-state index contributed by atoms with van der Waals surface area (Å²) in [6.07, 6.45) is 0.808. The minimum Gasteiger partial charge on any atom is -0.307 e. The second-order valence-electron chi connectivity index (χ2n) is 5.55. The summed E-state index contributed by atoms with van der Waals surface area (Å²) in [5.74, 6) is -0.641. The third-order valence-electron chi connectivity index (χ3n) is 3.75. The summed E-state index contributed by atoms with van der Waals surface area (Å²) in [5.41, 5.74) is 1.81. The number of aryl methyl sites for hydroxylation is 1. The van der Waals surface area contributed by atoms with Crippen molar-refractivity contribution in [2.45, 2.75) is 19.3 Å². The molecule has 3 aromatic rings. The lowest BCUT2D eigenvalue weighted by atomic mass is 9.90. The van der Waals surface area contributed by atoms with Crippen molar-refractivity contribution in [2.75, 3.05) is 5.32 Å². The number of nitrogens with zero attached hydrogens (tertiary/aromatic N) is 2. The second kappa shape index (κ2) is 8.64. The van der Waals surface area contributed by atoms with E-state index in [1.807, 2.05) is 67.6 Å². The van der Waals surface area contributed by atoms with Crippen molar-refractivity contribution in [1.29, 1.82) is 0 Å². The van der Waals surface area contributed by atoms with Gasteiger partial charge in [0, 0.05) is 0 Å². The van der Waals surface area contributed by atoms with Crippen molar-refractivity contribution >= 4 is 39.7 Å². The summed E-state index contributed by atoms with van der Waals surface area (Å²) < 4.78 is 0. The highest BCUT2D eigenvalue weighted by molar-refractivity contribution is 7.80. The van der Waals surface area contributed by atoms with Crippen LogP contribution in [0, 0.1) is 0 Å². The van der Waals surface area contributed by atoms with Crippen molar-refractivity contribution in [3.63, 3.8) is 0 Å². The van der Waals surface area contributed by atoms with Gasteiger partial charge in [-0.25, -0.2) is 0 Å². The molecule has 3 rings (SSSR count). The molecule has 0 saturated carbocycles. The van der Waals surface area contributed by atoms with Crippen molar-refractivity contribution < 1.29 is 4.79 Å². The van der Waals surface area contributed by atoms with Crippen LogP contribution in [0.3, 0.4) is 0 Å². The molecule has 0 aliphatic carbocycles. The lowest BCUT2D eigenvalue weighted by Crippen LogP contribution is -2.37. The Bertz CT molecular complexity index is 841. The van der Waals surface area contributed by atoms with E-state index in [2.05, 4.69) is 20.8 Å². The van der Waals surface area contributed by atoms with Crippen molar-refractivity contribution in [1.82, 2.24) is 15.5 Å². The number of amides is 1. The molecule has 0 aliphatic rings. The van der Waals surface area contributed by atoms with Gasteiger partial charge in [-0.3, -0.25) is 4.79 Å². The topological polar surface area (TPSA) is 66.9 Å². The number of rotatable bonds is 5. The van der Waals surface area contributed by atoms with E-state index in [1.165, 1.54) is 11.3 Å². The molecule has 1 amide bonds.